The van der Waals surface area contributed by atoms with Crippen molar-refractivity contribution < 1.29 is 8.81 Å². The third kappa shape index (κ3) is 1.91. The van der Waals surface area contributed by atoms with Gasteiger partial charge in [-0.05, 0) is 27.6 Å². The highest BCUT2D eigenvalue weighted by molar-refractivity contribution is 9.10. The molecule has 3 rings (SSSR count). The summed E-state index contributed by atoms with van der Waals surface area (Å²) >= 11 is 9.15. The Morgan fingerprint density at radius 2 is 1.95 bits per heavy atom. The molecule has 0 spiro atoms. The lowest BCUT2D eigenvalue weighted by atomic mass is 10.0. The molecule has 0 unspecified atom stereocenters. The van der Waals surface area contributed by atoms with Crippen LogP contribution in [0.5, 0.6) is 0 Å². The molecule has 2 nitrogen and oxygen atoms in total. The minimum atomic E-state index is -0.589. The molecule has 0 fully saturated rings. The Hall–Kier alpha value is -1.83. The van der Waals surface area contributed by atoms with Gasteiger partial charge in [-0.3, -0.25) is 0 Å². The number of furan rings is 1. The van der Waals surface area contributed by atoms with Crippen LogP contribution >= 0.6 is 27.5 Å². The third-order valence-corrected chi connectivity index (χ3v) is 3.84. The normalized spacial score (nSPS) is 10.7. The van der Waals surface area contributed by atoms with Crippen LogP contribution in [0.15, 0.2) is 45.3 Å². The van der Waals surface area contributed by atoms with E-state index in [9.17, 15) is 9.65 Å². The number of benzene rings is 2. The van der Waals surface area contributed by atoms with Gasteiger partial charge in [0, 0.05) is 5.56 Å². The molecule has 98 valence electrons. The SMILES string of the molecule is N#Cc1oc2c(Br)cc(Cl)c(F)c2c1-c1ccccc1. The summed E-state index contributed by atoms with van der Waals surface area (Å²) in [5.41, 5.74) is 1.40. The van der Waals surface area contributed by atoms with Gasteiger partial charge in [-0.25, -0.2) is 4.39 Å². The van der Waals surface area contributed by atoms with Crippen LogP contribution < -0.4 is 0 Å². The van der Waals surface area contributed by atoms with Crippen LogP contribution in [0.25, 0.3) is 22.1 Å². The van der Waals surface area contributed by atoms with Crippen molar-refractivity contribution in [2.75, 3.05) is 0 Å². The van der Waals surface area contributed by atoms with E-state index in [0.29, 0.717) is 15.6 Å². The van der Waals surface area contributed by atoms with Crippen LogP contribution in [0.2, 0.25) is 5.02 Å². The Morgan fingerprint density at radius 1 is 1.25 bits per heavy atom. The van der Waals surface area contributed by atoms with E-state index in [1.807, 2.05) is 24.3 Å². The fourth-order valence-electron chi connectivity index (χ4n) is 2.13. The zero-order valence-electron chi connectivity index (χ0n) is 9.95. The van der Waals surface area contributed by atoms with Gasteiger partial charge in [0.1, 0.15) is 6.07 Å². The fourth-order valence-corrected chi connectivity index (χ4v) is 2.97. The molecule has 0 saturated carbocycles. The summed E-state index contributed by atoms with van der Waals surface area (Å²) in [6, 6.07) is 12.4. The van der Waals surface area contributed by atoms with E-state index in [4.69, 9.17) is 16.0 Å². The lowest BCUT2D eigenvalue weighted by molar-refractivity contribution is 0.595. The first-order valence-electron chi connectivity index (χ1n) is 5.69. The monoisotopic (exact) mass is 349 g/mol. The zero-order valence-corrected chi connectivity index (χ0v) is 12.3. The summed E-state index contributed by atoms with van der Waals surface area (Å²) in [6.45, 7) is 0. The molecular formula is C15H6BrClFNO. The second-order valence-corrected chi connectivity index (χ2v) is 5.40. The summed E-state index contributed by atoms with van der Waals surface area (Å²) in [5, 5.41) is 9.41. The van der Waals surface area contributed by atoms with Crippen LogP contribution in [0.3, 0.4) is 0 Å². The summed E-state index contributed by atoms with van der Waals surface area (Å²) in [6.07, 6.45) is 0. The van der Waals surface area contributed by atoms with Gasteiger partial charge < -0.3 is 4.42 Å². The maximum absolute atomic E-state index is 14.4. The highest BCUT2D eigenvalue weighted by Crippen LogP contribution is 2.41. The summed E-state index contributed by atoms with van der Waals surface area (Å²) in [5.74, 6) is -0.526. The second kappa shape index (κ2) is 4.93. The number of halogens is 3. The maximum Gasteiger partial charge on any atom is 0.212 e. The molecule has 2 aromatic carbocycles. The average molecular weight is 351 g/mol. The molecule has 0 radical (unpaired) electrons. The maximum atomic E-state index is 14.4. The summed E-state index contributed by atoms with van der Waals surface area (Å²) in [7, 11) is 0. The van der Waals surface area contributed by atoms with Crippen molar-refractivity contribution in [3.63, 3.8) is 0 Å². The van der Waals surface area contributed by atoms with Crippen LogP contribution in [-0.2, 0) is 0 Å². The largest absolute Gasteiger partial charge is 0.444 e. The molecule has 1 heterocycles. The van der Waals surface area contributed by atoms with Gasteiger partial charge in [0.25, 0.3) is 0 Å². The van der Waals surface area contributed by atoms with E-state index in [-0.39, 0.29) is 21.8 Å². The fraction of sp³-hybridized carbons (Fsp3) is 0. The molecule has 0 bridgehead atoms. The van der Waals surface area contributed by atoms with Crippen LogP contribution in [-0.4, -0.2) is 0 Å². The molecule has 1 aromatic heterocycles. The van der Waals surface area contributed by atoms with Crippen molar-refractivity contribution in [1.29, 1.82) is 5.26 Å². The molecule has 0 atom stereocenters. The van der Waals surface area contributed by atoms with Gasteiger partial charge in [0.15, 0.2) is 11.4 Å². The molecule has 5 heteroatoms. The molecule has 3 aromatic rings. The van der Waals surface area contributed by atoms with Gasteiger partial charge in [-0.1, -0.05) is 41.9 Å². The number of hydrogen-bond donors (Lipinski definition) is 0. The Bertz CT molecular complexity index is 852. The smallest absolute Gasteiger partial charge is 0.212 e. The van der Waals surface area contributed by atoms with E-state index in [2.05, 4.69) is 15.9 Å². The number of nitriles is 1. The van der Waals surface area contributed by atoms with E-state index in [1.165, 1.54) is 6.07 Å². The van der Waals surface area contributed by atoms with E-state index in [0.717, 1.165) is 0 Å². The second-order valence-electron chi connectivity index (χ2n) is 4.14. The standard InChI is InChI=1S/C15H6BrClFNO/c16-9-6-10(17)14(18)13-12(8-4-2-1-3-5-8)11(7-19)20-15(9)13/h1-6H. The summed E-state index contributed by atoms with van der Waals surface area (Å²) in [4.78, 5) is 0. The molecule has 0 saturated heterocycles. The highest BCUT2D eigenvalue weighted by Gasteiger charge is 2.22. The number of nitrogens with zero attached hydrogens (tertiary/aromatic N) is 1. The molecule has 0 N–H and O–H groups in total. The summed E-state index contributed by atoms with van der Waals surface area (Å²) < 4.78 is 20.3. The Morgan fingerprint density at radius 3 is 2.60 bits per heavy atom. The van der Waals surface area contributed by atoms with Crippen molar-refractivity contribution in [2.24, 2.45) is 0 Å². The highest BCUT2D eigenvalue weighted by atomic mass is 79.9. The van der Waals surface area contributed by atoms with E-state index in [1.54, 1.807) is 12.1 Å². The Kier molecular flexibility index (Phi) is 3.25. The van der Waals surface area contributed by atoms with Gasteiger partial charge in [-0.2, -0.15) is 5.26 Å². The van der Waals surface area contributed by atoms with Crippen molar-refractivity contribution in [3.8, 4) is 17.2 Å². The zero-order chi connectivity index (χ0) is 14.3. The lowest BCUT2D eigenvalue weighted by Gasteiger charge is -2.02. The van der Waals surface area contributed by atoms with Crippen molar-refractivity contribution >= 4 is 38.5 Å². The first kappa shape index (κ1) is 13.2. The molecular weight excluding hydrogens is 345 g/mol. The van der Waals surface area contributed by atoms with E-state index < -0.39 is 5.82 Å². The predicted octanol–water partition coefficient (Wildman–Crippen LogP) is 5.53. The third-order valence-electron chi connectivity index (χ3n) is 2.97. The van der Waals surface area contributed by atoms with E-state index >= 15 is 0 Å². The average Bonchev–Trinajstić information content (AvgIpc) is 2.86. The minimum Gasteiger partial charge on any atom is -0.444 e. The van der Waals surface area contributed by atoms with Gasteiger partial charge in [-0.15, -0.1) is 0 Å². The quantitative estimate of drug-likeness (QED) is 0.541. The molecule has 20 heavy (non-hydrogen) atoms. The van der Waals surface area contributed by atoms with Crippen LogP contribution in [0.1, 0.15) is 5.76 Å². The first-order chi connectivity index (χ1) is 9.63. The Labute approximate surface area is 127 Å². The predicted molar refractivity (Wildman–Crippen MR) is 79.0 cm³/mol. The molecule has 0 aliphatic carbocycles. The van der Waals surface area contributed by atoms with Gasteiger partial charge in [0.05, 0.1) is 14.9 Å². The lowest BCUT2D eigenvalue weighted by Crippen LogP contribution is -1.84. The van der Waals surface area contributed by atoms with Crippen LogP contribution in [0.4, 0.5) is 4.39 Å². The topological polar surface area (TPSA) is 36.9 Å². The van der Waals surface area contributed by atoms with Crippen molar-refractivity contribution in [3.05, 3.63) is 57.5 Å². The Balaban J connectivity index is 2.51. The van der Waals surface area contributed by atoms with Gasteiger partial charge >= 0.3 is 0 Å². The van der Waals surface area contributed by atoms with Gasteiger partial charge in [0.2, 0.25) is 5.76 Å². The number of fused-ring (bicyclic) bond motifs is 1. The first-order valence-corrected chi connectivity index (χ1v) is 6.86. The minimum absolute atomic E-state index is 0.0214. The van der Waals surface area contributed by atoms with Crippen molar-refractivity contribution in [1.82, 2.24) is 0 Å². The molecule has 0 amide bonds. The molecule has 0 aliphatic heterocycles. The number of hydrogen-bond acceptors (Lipinski definition) is 2. The molecule has 0 aliphatic rings. The van der Waals surface area contributed by atoms with Crippen molar-refractivity contribution in [2.45, 2.75) is 0 Å². The van der Waals surface area contributed by atoms with Crippen LogP contribution in [0, 0.1) is 17.1 Å². The number of rotatable bonds is 1.